The van der Waals surface area contributed by atoms with Gasteiger partial charge in [0.05, 0.1) is 18.0 Å². The molecule has 2 aromatic carbocycles. The summed E-state index contributed by atoms with van der Waals surface area (Å²) in [4.78, 5) is 4.78. The monoisotopic (exact) mass is 275 g/mol. The molecule has 0 unspecified atom stereocenters. The summed E-state index contributed by atoms with van der Waals surface area (Å²) in [6, 6.07) is 24.8. The van der Waals surface area contributed by atoms with Crippen molar-refractivity contribution in [3.63, 3.8) is 0 Å². The highest BCUT2D eigenvalue weighted by Gasteiger charge is 2.10. The fourth-order valence-electron chi connectivity index (χ4n) is 2.39. The van der Waals surface area contributed by atoms with Gasteiger partial charge in [0, 0.05) is 18.2 Å². The fourth-order valence-corrected chi connectivity index (χ4v) is 2.39. The normalized spacial score (nSPS) is 10.5. The van der Waals surface area contributed by atoms with Crippen molar-refractivity contribution in [2.75, 3.05) is 7.11 Å². The molecule has 0 aliphatic rings. The maximum absolute atomic E-state index is 5.20. The summed E-state index contributed by atoms with van der Waals surface area (Å²) in [6.07, 6.45) is 0. The van der Waals surface area contributed by atoms with E-state index in [2.05, 4.69) is 30.3 Å². The van der Waals surface area contributed by atoms with Crippen molar-refractivity contribution in [1.82, 2.24) is 4.98 Å². The minimum absolute atomic E-state index is 0.523. The van der Waals surface area contributed by atoms with Gasteiger partial charge in [0.25, 0.3) is 0 Å². The topological polar surface area (TPSA) is 22.1 Å². The number of methoxy groups -OCH3 is 1. The van der Waals surface area contributed by atoms with E-state index in [-0.39, 0.29) is 0 Å². The smallest absolute Gasteiger partial charge is 0.0884 e. The third-order valence-corrected chi connectivity index (χ3v) is 3.38. The van der Waals surface area contributed by atoms with Crippen LogP contribution < -0.4 is 0 Å². The van der Waals surface area contributed by atoms with Crippen molar-refractivity contribution >= 4 is 0 Å². The molecule has 0 atom stereocenters. The average molecular weight is 275 g/mol. The Kier molecular flexibility index (Phi) is 4.08. The Bertz CT molecular complexity index is 708. The summed E-state index contributed by atoms with van der Waals surface area (Å²) in [5.41, 5.74) is 5.37. The molecule has 2 nitrogen and oxygen atoms in total. The van der Waals surface area contributed by atoms with Gasteiger partial charge in [0.1, 0.15) is 0 Å². The highest BCUT2D eigenvalue weighted by atomic mass is 16.5. The lowest BCUT2D eigenvalue weighted by molar-refractivity contribution is 0.181. The first-order chi connectivity index (χ1) is 10.4. The molecule has 0 aliphatic carbocycles. The first-order valence-electron chi connectivity index (χ1n) is 6.98. The second kappa shape index (κ2) is 6.33. The van der Waals surface area contributed by atoms with Gasteiger partial charge in [-0.1, -0.05) is 66.7 Å². The second-order valence-corrected chi connectivity index (χ2v) is 4.86. The van der Waals surface area contributed by atoms with Crippen LogP contribution in [0.3, 0.4) is 0 Å². The molecule has 0 radical (unpaired) electrons. The summed E-state index contributed by atoms with van der Waals surface area (Å²) >= 11 is 0. The summed E-state index contributed by atoms with van der Waals surface area (Å²) in [5.74, 6) is 0. The molecule has 3 aromatic rings. The largest absolute Gasteiger partial charge is 0.378 e. The van der Waals surface area contributed by atoms with Crippen LogP contribution in [-0.2, 0) is 11.3 Å². The van der Waals surface area contributed by atoms with Gasteiger partial charge in [-0.15, -0.1) is 0 Å². The molecule has 1 heterocycles. The number of benzene rings is 2. The van der Waals surface area contributed by atoms with Crippen molar-refractivity contribution in [1.29, 1.82) is 0 Å². The maximum atomic E-state index is 5.20. The zero-order chi connectivity index (χ0) is 14.5. The van der Waals surface area contributed by atoms with Gasteiger partial charge in [-0.25, -0.2) is 4.98 Å². The summed E-state index contributed by atoms with van der Waals surface area (Å²) in [6.45, 7) is 0.523. The predicted molar refractivity (Wildman–Crippen MR) is 85.8 cm³/mol. The van der Waals surface area contributed by atoms with E-state index in [9.17, 15) is 0 Å². The molecule has 2 heteroatoms. The lowest BCUT2D eigenvalue weighted by atomic mass is 9.99. The van der Waals surface area contributed by atoms with Crippen LogP contribution in [0.1, 0.15) is 5.69 Å². The van der Waals surface area contributed by atoms with Crippen molar-refractivity contribution < 1.29 is 4.74 Å². The number of hydrogen-bond acceptors (Lipinski definition) is 2. The second-order valence-electron chi connectivity index (χ2n) is 4.86. The van der Waals surface area contributed by atoms with E-state index in [1.165, 1.54) is 5.56 Å². The van der Waals surface area contributed by atoms with E-state index in [0.717, 1.165) is 22.5 Å². The molecule has 0 aliphatic heterocycles. The molecule has 3 rings (SSSR count). The third-order valence-electron chi connectivity index (χ3n) is 3.38. The van der Waals surface area contributed by atoms with Gasteiger partial charge in [-0.3, -0.25) is 0 Å². The lowest BCUT2D eigenvalue weighted by Gasteiger charge is -2.11. The quantitative estimate of drug-likeness (QED) is 0.696. The zero-order valence-corrected chi connectivity index (χ0v) is 12.0. The lowest BCUT2D eigenvalue weighted by Crippen LogP contribution is -1.96. The van der Waals surface area contributed by atoms with E-state index >= 15 is 0 Å². The van der Waals surface area contributed by atoms with Gasteiger partial charge in [-0.05, 0) is 11.6 Å². The van der Waals surface area contributed by atoms with E-state index < -0.39 is 0 Å². The number of ether oxygens (including phenoxy) is 1. The van der Waals surface area contributed by atoms with Gasteiger partial charge in [0.2, 0.25) is 0 Å². The summed E-state index contributed by atoms with van der Waals surface area (Å²) in [5, 5.41) is 0. The van der Waals surface area contributed by atoms with E-state index in [0.29, 0.717) is 6.61 Å². The Morgan fingerprint density at radius 2 is 1.38 bits per heavy atom. The average Bonchev–Trinajstić information content (AvgIpc) is 2.57. The van der Waals surface area contributed by atoms with E-state index in [1.807, 2.05) is 42.5 Å². The van der Waals surface area contributed by atoms with Crippen LogP contribution in [0.15, 0.2) is 72.8 Å². The maximum Gasteiger partial charge on any atom is 0.0884 e. The minimum atomic E-state index is 0.523. The molecular formula is C19H17NO. The van der Waals surface area contributed by atoms with Gasteiger partial charge >= 0.3 is 0 Å². The Morgan fingerprint density at radius 3 is 2.00 bits per heavy atom. The number of aromatic nitrogens is 1. The molecular weight excluding hydrogens is 258 g/mol. The third kappa shape index (κ3) is 3.01. The standard InChI is InChI=1S/C19H17NO/c1-21-14-17-12-13-18(15-8-4-2-5-9-15)19(20-17)16-10-6-3-7-11-16/h2-13H,14H2,1H3. The highest BCUT2D eigenvalue weighted by Crippen LogP contribution is 2.30. The molecule has 0 spiro atoms. The van der Waals surface area contributed by atoms with Crippen molar-refractivity contribution in [3.8, 4) is 22.4 Å². The van der Waals surface area contributed by atoms with Crippen molar-refractivity contribution in [2.45, 2.75) is 6.61 Å². The first-order valence-corrected chi connectivity index (χ1v) is 6.98. The molecule has 104 valence electrons. The SMILES string of the molecule is COCc1ccc(-c2ccccc2)c(-c2ccccc2)n1. The van der Waals surface area contributed by atoms with Crippen LogP contribution in [0, 0.1) is 0 Å². The number of nitrogens with zero attached hydrogens (tertiary/aromatic N) is 1. The molecule has 21 heavy (non-hydrogen) atoms. The van der Waals surface area contributed by atoms with Crippen LogP contribution in [0.25, 0.3) is 22.4 Å². The van der Waals surface area contributed by atoms with Crippen LogP contribution >= 0.6 is 0 Å². The van der Waals surface area contributed by atoms with Gasteiger partial charge < -0.3 is 4.74 Å². The zero-order valence-electron chi connectivity index (χ0n) is 12.0. The number of hydrogen-bond donors (Lipinski definition) is 0. The molecule has 0 saturated heterocycles. The molecule has 0 bridgehead atoms. The minimum Gasteiger partial charge on any atom is -0.378 e. The molecule has 0 N–H and O–H groups in total. The Morgan fingerprint density at radius 1 is 0.762 bits per heavy atom. The molecule has 1 aromatic heterocycles. The van der Waals surface area contributed by atoms with Crippen LogP contribution in [-0.4, -0.2) is 12.1 Å². The Balaban J connectivity index is 2.16. The van der Waals surface area contributed by atoms with Crippen LogP contribution in [0.4, 0.5) is 0 Å². The van der Waals surface area contributed by atoms with Crippen molar-refractivity contribution in [2.24, 2.45) is 0 Å². The van der Waals surface area contributed by atoms with Crippen LogP contribution in [0.2, 0.25) is 0 Å². The summed E-state index contributed by atoms with van der Waals surface area (Å²) < 4.78 is 5.20. The Hall–Kier alpha value is -2.45. The summed E-state index contributed by atoms with van der Waals surface area (Å²) in [7, 11) is 1.69. The van der Waals surface area contributed by atoms with Gasteiger partial charge in [-0.2, -0.15) is 0 Å². The first kappa shape index (κ1) is 13.5. The van der Waals surface area contributed by atoms with E-state index in [1.54, 1.807) is 7.11 Å². The van der Waals surface area contributed by atoms with Gasteiger partial charge in [0.15, 0.2) is 0 Å². The Labute approximate surface area is 125 Å². The predicted octanol–water partition coefficient (Wildman–Crippen LogP) is 4.56. The molecule has 0 amide bonds. The number of pyridine rings is 1. The highest BCUT2D eigenvalue weighted by molar-refractivity contribution is 5.80. The number of rotatable bonds is 4. The molecule has 0 fully saturated rings. The molecule has 0 saturated carbocycles. The van der Waals surface area contributed by atoms with E-state index in [4.69, 9.17) is 9.72 Å². The van der Waals surface area contributed by atoms with Crippen molar-refractivity contribution in [3.05, 3.63) is 78.5 Å². The fraction of sp³-hybridized carbons (Fsp3) is 0.105. The van der Waals surface area contributed by atoms with Crippen LogP contribution in [0.5, 0.6) is 0 Å².